The van der Waals surface area contributed by atoms with E-state index in [9.17, 15) is 14.7 Å². The highest BCUT2D eigenvalue weighted by Crippen LogP contribution is 2.22. The van der Waals surface area contributed by atoms with Gasteiger partial charge >= 0.3 is 5.97 Å². The van der Waals surface area contributed by atoms with Gasteiger partial charge in [0.25, 0.3) is 0 Å². The summed E-state index contributed by atoms with van der Waals surface area (Å²) in [6.07, 6.45) is 0. The quantitative estimate of drug-likeness (QED) is 0.826. The molecular formula is C16H14O5. The van der Waals surface area contributed by atoms with E-state index < -0.39 is 5.97 Å². The Hall–Kier alpha value is -2.82. The van der Waals surface area contributed by atoms with Crippen molar-refractivity contribution in [2.75, 3.05) is 6.61 Å². The Bertz CT molecular complexity index is 691. The molecule has 5 heteroatoms. The van der Waals surface area contributed by atoms with Gasteiger partial charge in [0.15, 0.2) is 5.78 Å². The van der Waals surface area contributed by atoms with Gasteiger partial charge in [-0.25, -0.2) is 4.79 Å². The first-order valence-corrected chi connectivity index (χ1v) is 6.36. The monoisotopic (exact) mass is 286 g/mol. The van der Waals surface area contributed by atoms with Crippen LogP contribution in [0.5, 0.6) is 11.5 Å². The normalized spacial score (nSPS) is 10.1. The molecule has 21 heavy (non-hydrogen) atoms. The van der Waals surface area contributed by atoms with Gasteiger partial charge in [-0.05, 0) is 37.3 Å². The zero-order valence-corrected chi connectivity index (χ0v) is 11.4. The van der Waals surface area contributed by atoms with Crippen LogP contribution < -0.4 is 4.74 Å². The number of ketones is 1. The van der Waals surface area contributed by atoms with E-state index in [1.807, 2.05) is 6.92 Å². The van der Waals surface area contributed by atoms with Gasteiger partial charge in [0.2, 0.25) is 0 Å². The van der Waals surface area contributed by atoms with Gasteiger partial charge in [0.1, 0.15) is 17.1 Å². The summed E-state index contributed by atoms with van der Waals surface area (Å²) >= 11 is 0. The number of aromatic hydroxyl groups is 1. The third-order valence-electron chi connectivity index (χ3n) is 2.90. The van der Waals surface area contributed by atoms with Gasteiger partial charge in [-0.2, -0.15) is 0 Å². The van der Waals surface area contributed by atoms with Crippen molar-refractivity contribution in [1.82, 2.24) is 0 Å². The second kappa shape index (κ2) is 6.09. The third kappa shape index (κ3) is 3.20. The van der Waals surface area contributed by atoms with Crippen molar-refractivity contribution in [1.29, 1.82) is 0 Å². The zero-order chi connectivity index (χ0) is 15.4. The van der Waals surface area contributed by atoms with Crippen molar-refractivity contribution in [3.63, 3.8) is 0 Å². The largest absolute Gasteiger partial charge is 0.507 e. The van der Waals surface area contributed by atoms with Crippen LogP contribution in [0.3, 0.4) is 0 Å². The van der Waals surface area contributed by atoms with Gasteiger partial charge in [0, 0.05) is 11.1 Å². The smallest absolute Gasteiger partial charge is 0.339 e. The maximum atomic E-state index is 12.4. The predicted molar refractivity (Wildman–Crippen MR) is 76.1 cm³/mol. The summed E-state index contributed by atoms with van der Waals surface area (Å²) in [6, 6.07) is 10.4. The maximum Gasteiger partial charge on any atom is 0.339 e. The number of benzene rings is 2. The molecule has 0 aliphatic rings. The lowest BCUT2D eigenvalue weighted by molar-refractivity contribution is 0.0693. The van der Waals surface area contributed by atoms with Gasteiger partial charge in [-0.1, -0.05) is 12.1 Å². The van der Waals surface area contributed by atoms with Crippen LogP contribution in [0.15, 0.2) is 42.5 Å². The first-order valence-electron chi connectivity index (χ1n) is 6.36. The topological polar surface area (TPSA) is 83.8 Å². The molecule has 0 saturated heterocycles. The summed E-state index contributed by atoms with van der Waals surface area (Å²) < 4.78 is 5.33. The summed E-state index contributed by atoms with van der Waals surface area (Å²) in [5.41, 5.74) is 0.281. The lowest BCUT2D eigenvalue weighted by Gasteiger charge is -2.07. The van der Waals surface area contributed by atoms with Crippen LogP contribution in [0.25, 0.3) is 0 Å². The Balaban J connectivity index is 2.38. The molecule has 0 spiro atoms. The standard InChI is InChI=1S/C16H14O5/c1-2-21-12-5-3-4-10(8-12)15(18)11-6-7-14(17)13(9-11)16(19)20/h3-9,17H,2H2,1H3,(H,19,20). The number of carbonyl (C=O) groups is 2. The molecule has 0 bridgehead atoms. The van der Waals surface area contributed by atoms with Gasteiger partial charge < -0.3 is 14.9 Å². The minimum atomic E-state index is -1.29. The highest BCUT2D eigenvalue weighted by molar-refractivity contribution is 6.10. The zero-order valence-electron chi connectivity index (χ0n) is 11.4. The van der Waals surface area contributed by atoms with Gasteiger partial charge in [-0.15, -0.1) is 0 Å². The molecule has 0 radical (unpaired) electrons. The molecule has 0 heterocycles. The van der Waals surface area contributed by atoms with Crippen LogP contribution in [-0.2, 0) is 0 Å². The second-order valence-corrected chi connectivity index (χ2v) is 4.33. The van der Waals surface area contributed by atoms with Crippen LogP contribution in [-0.4, -0.2) is 28.6 Å². The minimum absolute atomic E-state index is 0.193. The summed E-state index contributed by atoms with van der Waals surface area (Å²) in [4.78, 5) is 23.3. The van der Waals surface area contributed by atoms with E-state index in [0.717, 1.165) is 6.07 Å². The Labute approximate surface area is 121 Å². The molecule has 0 unspecified atom stereocenters. The van der Waals surface area contributed by atoms with E-state index in [2.05, 4.69) is 0 Å². The molecule has 2 aromatic carbocycles. The average molecular weight is 286 g/mol. The highest BCUT2D eigenvalue weighted by Gasteiger charge is 2.15. The molecule has 2 rings (SSSR count). The molecule has 0 fully saturated rings. The number of phenols is 1. The van der Waals surface area contributed by atoms with E-state index >= 15 is 0 Å². The van der Waals surface area contributed by atoms with Crippen LogP contribution in [0.2, 0.25) is 0 Å². The molecule has 2 aromatic rings. The molecule has 5 nitrogen and oxygen atoms in total. The van der Waals surface area contributed by atoms with Gasteiger partial charge in [-0.3, -0.25) is 4.79 Å². The van der Waals surface area contributed by atoms with Gasteiger partial charge in [0.05, 0.1) is 6.61 Å². The van der Waals surface area contributed by atoms with Crippen molar-refractivity contribution in [3.05, 3.63) is 59.2 Å². The van der Waals surface area contributed by atoms with Crippen molar-refractivity contribution in [2.24, 2.45) is 0 Å². The van der Waals surface area contributed by atoms with Crippen LogP contribution in [0.4, 0.5) is 0 Å². The van der Waals surface area contributed by atoms with Crippen molar-refractivity contribution >= 4 is 11.8 Å². The van der Waals surface area contributed by atoms with E-state index in [1.54, 1.807) is 24.3 Å². The van der Waals surface area contributed by atoms with Crippen LogP contribution >= 0.6 is 0 Å². The van der Waals surface area contributed by atoms with E-state index in [4.69, 9.17) is 9.84 Å². The summed E-state index contributed by atoms with van der Waals surface area (Å²) in [6.45, 7) is 2.33. The Morgan fingerprint density at radius 1 is 1.10 bits per heavy atom. The van der Waals surface area contributed by atoms with Crippen molar-refractivity contribution < 1.29 is 24.5 Å². The Morgan fingerprint density at radius 3 is 2.48 bits per heavy atom. The maximum absolute atomic E-state index is 12.4. The first-order chi connectivity index (χ1) is 10.0. The summed E-state index contributed by atoms with van der Waals surface area (Å²) in [7, 11) is 0. The average Bonchev–Trinajstić information content (AvgIpc) is 2.47. The number of ether oxygens (including phenoxy) is 1. The Morgan fingerprint density at radius 2 is 1.81 bits per heavy atom. The fraction of sp³-hybridized carbons (Fsp3) is 0.125. The van der Waals surface area contributed by atoms with E-state index in [-0.39, 0.29) is 22.7 Å². The lowest BCUT2D eigenvalue weighted by Crippen LogP contribution is -2.05. The molecule has 0 aliphatic heterocycles. The molecule has 0 atom stereocenters. The third-order valence-corrected chi connectivity index (χ3v) is 2.90. The number of carboxylic acids is 1. The van der Waals surface area contributed by atoms with Crippen LogP contribution in [0, 0.1) is 0 Å². The molecule has 0 amide bonds. The van der Waals surface area contributed by atoms with Crippen molar-refractivity contribution in [3.8, 4) is 11.5 Å². The van der Waals surface area contributed by atoms with E-state index in [0.29, 0.717) is 17.9 Å². The lowest BCUT2D eigenvalue weighted by atomic mass is 10.0. The number of carboxylic acid groups (broad SMARTS) is 1. The van der Waals surface area contributed by atoms with Crippen LogP contribution in [0.1, 0.15) is 33.2 Å². The number of hydrogen-bond donors (Lipinski definition) is 2. The molecule has 2 N–H and O–H groups in total. The number of hydrogen-bond acceptors (Lipinski definition) is 4. The molecule has 0 aromatic heterocycles. The SMILES string of the molecule is CCOc1cccc(C(=O)c2ccc(O)c(C(=O)O)c2)c1. The molecule has 0 aliphatic carbocycles. The fourth-order valence-corrected chi connectivity index (χ4v) is 1.91. The fourth-order valence-electron chi connectivity index (χ4n) is 1.91. The molecular weight excluding hydrogens is 272 g/mol. The highest BCUT2D eigenvalue weighted by atomic mass is 16.5. The van der Waals surface area contributed by atoms with Crippen molar-refractivity contribution in [2.45, 2.75) is 6.92 Å². The summed E-state index contributed by atoms with van der Waals surface area (Å²) in [5.74, 6) is -1.42. The predicted octanol–water partition coefficient (Wildman–Crippen LogP) is 2.72. The Kier molecular flexibility index (Phi) is 4.23. The minimum Gasteiger partial charge on any atom is -0.507 e. The first kappa shape index (κ1) is 14.6. The van der Waals surface area contributed by atoms with E-state index in [1.165, 1.54) is 12.1 Å². The number of aromatic carboxylic acids is 1. The number of carbonyl (C=O) groups excluding carboxylic acids is 1. The number of rotatable bonds is 5. The molecule has 0 saturated carbocycles. The molecule has 108 valence electrons. The second-order valence-electron chi connectivity index (χ2n) is 4.33. The summed E-state index contributed by atoms with van der Waals surface area (Å²) in [5, 5.41) is 18.4.